The number of alkyl halides is 1. The zero-order chi connectivity index (χ0) is 17.5. The Hall–Kier alpha value is -1.89. The zero-order valence-corrected chi connectivity index (χ0v) is 14.6. The van der Waals surface area contributed by atoms with Crippen LogP contribution < -0.4 is 0 Å². The summed E-state index contributed by atoms with van der Waals surface area (Å²) in [5, 5.41) is 0.935. The van der Waals surface area contributed by atoms with E-state index in [0.29, 0.717) is 18.6 Å². The Bertz CT molecular complexity index is 758. The maximum Gasteiger partial charge on any atom is 0.410 e. The average molecular weight is 355 g/mol. The van der Waals surface area contributed by atoms with Crippen molar-refractivity contribution in [3.8, 4) is 0 Å². The maximum atomic E-state index is 14.7. The highest BCUT2D eigenvalue weighted by Crippen LogP contribution is 2.30. The van der Waals surface area contributed by atoms with Gasteiger partial charge in [-0.2, -0.15) is 4.98 Å². The van der Waals surface area contributed by atoms with Crippen LogP contribution in [0.15, 0.2) is 18.5 Å². The van der Waals surface area contributed by atoms with Crippen LogP contribution in [0, 0.1) is 0 Å². The summed E-state index contributed by atoms with van der Waals surface area (Å²) in [6, 6.07) is 1.44. The summed E-state index contributed by atoms with van der Waals surface area (Å²) in [4.78, 5) is 21.6. The second-order valence-corrected chi connectivity index (χ2v) is 7.28. The van der Waals surface area contributed by atoms with Gasteiger partial charge < -0.3 is 14.2 Å². The van der Waals surface area contributed by atoms with Crippen LogP contribution in [0.25, 0.3) is 11.0 Å². The number of fused-ring (bicyclic) bond motifs is 1. The van der Waals surface area contributed by atoms with Crippen LogP contribution in [0.2, 0.25) is 5.28 Å². The number of carbonyl (C=O) groups excluding carboxylic acids is 1. The molecule has 0 radical (unpaired) electrons. The number of nitrogens with zero attached hydrogens (tertiary/aromatic N) is 4. The van der Waals surface area contributed by atoms with Crippen molar-refractivity contribution in [3.05, 3.63) is 23.7 Å². The first-order valence-electron chi connectivity index (χ1n) is 7.86. The van der Waals surface area contributed by atoms with Crippen LogP contribution in [0.5, 0.6) is 0 Å². The molecule has 1 saturated heterocycles. The lowest BCUT2D eigenvalue weighted by molar-refractivity contribution is 0.00705. The van der Waals surface area contributed by atoms with Gasteiger partial charge in [0, 0.05) is 24.3 Å². The van der Waals surface area contributed by atoms with Crippen molar-refractivity contribution in [3.63, 3.8) is 0 Å². The molecule has 0 aromatic carbocycles. The number of hydrogen-bond donors (Lipinski definition) is 0. The van der Waals surface area contributed by atoms with Crippen molar-refractivity contribution in [2.24, 2.45) is 0 Å². The molecule has 0 N–H and O–H groups in total. The molecule has 2 atom stereocenters. The van der Waals surface area contributed by atoms with Gasteiger partial charge in [-0.05, 0) is 44.9 Å². The largest absolute Gasteiger partial charge is 0.444 e. The second-order valence-electron chi connectivity index (χ2n) is 6.94. The molecule has 6 nitrogen and oxygen atoms in total. The Labute approximate surface area is 144 Å². The van der Waals surface area contributed by atoms with Crippen molar-refractivity contribution in [2.75, 3.05) is 13.1 Å². The summed E-state index contributed by atoms with van der Waals surface area (Å²) in [5.74, 6) is 0. The van der Waals surface area contributed by atoms with Gasteiger partial charge in [-0.1, -0.05) is 0 Å². The van der Waals surface area contributed by atoms with Crippen molar-refractivity contribution >= 4 is 28.7 Å². The standard InChI is InChI=1S/C16H20ClFN4O2/c1-16(2,3)24-15(23)21-6-5-12(11(18)9-21)22-7-4-10-8-19-14(17)20-13(10)22/h4,7-8,11-12H,5-6,9H2,1-3H3/t11-,12+/m0/s1. The smallest absolute Gasteiger partial charge is 0.410 e. The topological polar surface area (TPSA) is 60.2 Å². The van der Waals surface area contributed by atoms with Gasteiger partial charge >= 0.3 is 6.09 Å². The van der Waals surface area contributed by atoms with E-state index in [0.717, 1.165) is 5.39 Å². The molecule has 1 fully saturated rings. The summed E-state index contributed by atoms with van der Waals surface area (Å²) >= 11 is 5.85. The minimum Gasteiger partial charge on any atom is -0.444 e. The molecule has 0 unspecified atom stereocenters. The van der Waals surface area contributed by atoms with Crippen molar-refractivity contribution < 1.29 is 13.9 Å². The third kappa shape index (κ3) is 3.45. The number of rotatable bonds is 1. The van der Waals surface area contributed by atoms with E-state index in [-0.39, 0.29) is 11.8 Å². The van der Waals surface area contributed by atoms with Crippen LogP contribution >= 0.6 is 11.6 Å². The number of likely N-dealkylation sites (tertiary alicyclic amines) is 1. The Kier molecular flexibility index (Phi) is 4.38. The first kappa shape index (κ1) is 17.0. The molecule has 130 valence electrons. The van der Waals surface area contributed by atoms with Gasteiger partial charge in [0.1, 0.15) is 17.4 Å². The Balaban J connectivity index is 1.76. The lowest BCUT2D eigenvalue weighted by Crippen LogP contribution is -2.47. The molecule has 0 spiro atoms. The summed E-state index contributed by atoms with van der Waals surface area (Å²) < 4.78 is 21.8. The van der Waals surface area contributed by atoms with Crippen LogP contribution in [0.4, 0.5) is 9.18 Å². The SMILES string of the molecule is CC(C)(C)OC(=O)N1CC[C@@H](n2ccc3cnc(Cl)nc32)[C@@H](F)C1. The second kappa shape index (κ2) is 6.20. The molecule has 3 heterocycles. The molecular weight excluding hydrogens is 335 g/mol. The molecule has 1 aliphatic rings. The fourth-order valence-electron chi connectivity index (χ4n) is 2.88. The highest BCUT2D eigenvalue weighted by Gasteiger charge is 2.35. The van der Waals surface area contributed by atoms with E-state index in [2.05, 4.69) is 9.97 Å². The first-order valence-corrected chi connectivity index (χ1v) is 8.23. The Morgan fingerprint density at radius 1 is 1.46 bits per heavy atom. The summed E-state index contributed by atoms with van der Waals surface area (Å²) in [5.41, 5.74) is 0.0118. The fourth-order valence-corrected chi connectivity index (χ4v) is 3.01. The number of aromatic nitrogens is 3. The van der Waals surface area contributed by atoms with E-state index in [9.17, 15) is 9.18 Å². The lowest BCUT2D eigenvalue weighted by atomic mass is 10.0. The highest BCUT2D eigenvalue weighted by atomic mass is 35.5. The molecule has 0 saturated carbocycles. The molecule has 1 aliphatic heterocycles. The Morgan fingerprint density at radius 3 is 2.88 bits per heavy atom. The van der Waals surface area contributed by atoms with Gasteiger partial charge in [0.25, 0.3) is 0 Å². The van der Waals surface area contributed by atoms with Gasteiger partial charge in [0.15, 0.2) is 0 Å². The van der Waals surface area contributed by atoms with E-state index < -0.39 is 23.9 Å². The van der Waals surface area contributed by atoms with E-state index in [4.69, 9.17) is 16.3 Å². The average Bonchev–Trinajstić information content (AvgIpc) is 2.88. The van der Waals surface area contributed by atoms with Gasteiger partial charge in [-0.3, -0.25) is 0 Å². The van der Waals surface area contributed by atoms with Crippen LogP contribution in [0.3, 0.4) is 0 Å². The maximum absolute atomic E-state index is 14.7. The molecule has 8 heteroatoms. The van der Waals surface area contributed by atoms with E-state index in [1.165, 1.54) is 4.90 Å². The molecule has 0 aliphatic carbocycles. The van der Waals surface area contributed by atoms with Crippen molar-refractivity contribution in [1.29, 1.82) is 0 Å². The highest BCUT2D eigenvalue weighted by molar-refractivity contribution is 6.28. The quantitative estimate of drug-likeness (QED) is 0.734. The molecule has 2 aromatic heterocycles. The third-order valence-corrected chi connectivity index (χ3v) is 4.12. The third-order valence-electron chi connectivity index (χ3n) is 3.94. The van der Waals surface area contributed by atoms with Crippen LogP contribution in [0.1, 0.15) is 33.2 Å². The molecule has 1 amide bonds. The van der Waals surface area contributed by atoms with Crippen molar-refractivity contribution in [1.82, 2.24) is 19.4 Å². The number of ether oxygens (including phenoxy) is 1. The normalized spacial score (nSPS) is 22.0. The number of carbonyl (C=O) groups is 1. The van der Waals surface area contributed by atoms with Gasteiger partial charge in [0.05, 0.1) is 12.6 Å². The van der Waals surface area contributed by atoms with Gasteiger partial charge in [-0.15, -0.1) is 0 Å². The lowest BCUT2D eigenvalue weighted by Gasteiger charge is -2.36. The minimum absolute atomic E-state index is 0.00192. The predicted molar refractivity (Wildman–Crippen MR) is 88.9 cm³/mol. The summed E-state index contributed by atoms with van der Waals surface area (Å²) in [6.07, 6.45) is 2.19. The number of hydrogen-bond acceptors (Lipinski definition) is 4. The fraction of sp³-hybridized carbons (Fsp3) is 0.562. The number of halogens is 2. The van der Waals surface area contributed by atoms with Gasteiger partial charge in [-0.25, -0.2) is 14.2 Å². The molecule has 3 rings (SSSR count). The van der Waals surface area contributed by atoms with E-state index >= 15 is 0 Å². The van der Waals surface area contributed by atoms with Crippen LogP contribution in [-0.2, 0) is 4.74 Å². The van der Waals surface area contributed by atoms with Crippen LogP contribution in [-0.4, -0.2) is 50.4 Å². The van der Waals surface area contributed by atoms with E-state index in [1.54, 1.807) is 37.7 Å². The molecular formula is C16H20ClFN4O2. The predicted octanol–water partition coefficient (Wildman–Crippen LogP) is 3.60. The molecule has 24 heavy (non-hydrogen) atoms. The molecule has 0 bridgehead atoms. The van der Waals surface area contributed by atoms with Gasteiger partial charge in [0.2, 0.25) is 5.28 Å². The minimum atomic E-state index is -1.21. The van der Waals surface area contributed by atoms with E-state index in [1.807, 2.05) is 6.07 Å². The number of piperidine rings is 1. The van der Waals surface area contributed by atoms with Crippen molar-refractivity contribution in [2.45, 2.75) is 45.0 Å². The monoisotopic (exact) mass is 354 g/mol. The Morgan fingerprint density at radius 2 is 2.21 bits per heavy atom. The molecule has 2 aromatic rings. The zero-order valence-electron chi connectivity index (χ0n) is 13.9. The summed E-state index contributed by atoms with van der Waals surface area (Å²) in [7, 11) is 0. The summed E-state index contributed by atoms with van der Waals surface area (Å²) in [6.45, 7) is 5.80. The first-order chi connectivity index (χ1) is 11.2. The number of amides is 1.